The standard InChI is InChI=1S/C14H19ClN2O3/c1-20-12-4-3-10(9-11(12)15)13(14(18)19)17-7-2-5-16-6-8-17/h3-4,9,13,16H,2,5-8H2,1H3,(H,18,19). The van der Waals surface area contributed by atoms with Gasteiger partial charge in [-0.2, -0.15) is 0 Å². The van der Waals surface area contributed by atoms with Gasteiger partial charge in [0.25, 0.3) is 0 Å². The number of nitrogens with zero attached hydrogens (tertiary/aromatic N) is 1. The first-order chi connectivity index (χ1) is 9.63. The smallest absolute Gasteiger partial charge is 0.325 e. The zero-order valence-electron chi connectivity index (χ0n) is 11.4. The molecule has 1 heterocycles. The highest BCUT2D eigenvalue weighted by Crippen LogP contribution is 2.30. The summed E-state index contributed by atoms with van der Waals surface area (Å²) in [6.07, 6.45) is 0.938. The first-order valence-corrected chi connectivity index (χ1v) is 7.02. The lowest BCUT2D eigenvalue weighted by molar-refractivity contribution is -0.143. The molecule has 1 saturated heterocycles. The van der Waals surface area contributed by atoms with Gasteiger partial charge in [-0.05, 0) is 30.7 Å². The fourth-order valence-electron chi connectivity index (χ4n) is 2.49. The zero-order valence-corrected chi connectivity index (χ0v) is 12.2. The molecule has 0 bridgehead atoms. The Bertz CT molecular complexity index is 473. The van der Waals surface area contributed by atoms with Gasteiger partial charge in [0.15, 0.2) is 0 Å². The highest BCUT2D eigenvalue weighted by molar-refractivity contribution is 6.32. The molecule has 5 nitrogen and oxygen atoms in total. The van der Waals surface area contributed by atoms with Gasteiger partial charge in [0, 0.05) is 19.6 Å². The van der Waals surface area contributed by atoms with E-state index >= 15 is 0 Å². The molecule has 1 aromatic rings. The lowest BCUT2D eigenvalue weighted by atomic mass is 10.0. The van der Waals surface area contributed by atoms with Gasteiger partial charge in [-0.3, -0.25) is 9.69 Å². The van der Waals surface area contributed by atoms with Crippen molar-refractivity contribution in [1.29, 1.82) is 0 Å². The minimum Gasteiger partial charge on any atom is -0.495 e. The molecule has 6 heteroatoms. The van der Waals surface area contributed by atoms with Crippen LogP contribution in [-0.2, 0) is 4.79 Å². The topological polar surface area (TPSA) is 61.8 Å². The molecule has 1 aliphatic rings. The van der Waals surface area contributed by atoms with Crippen LogP contribution in [0.3, 0.4) is 0 Å². The van der Waals surface area contributed by atoms with E-state index in [0.29, 0.717) is 22.9 Å². The average molecular weight is 299 g/mol. The first kappa shape index (κ1) is 15.1. The Labute approximate surface area is 123 Å². The van der Waals surface area contributed by atoms with Crippen molar-refractivity contribution >= 4 is 17.6 Å². The van der Waals surface area contributed by atoms with Gasteiger partial charge in [0.05, 0.1) is 12.1 Å². The third kappa shape index (κ3) is 3.42. The molecule has 20 heavy (non-hydrogen) atoms. The molecule has 0 radical (unpaired) electrons. The van der Waals surface area contributed by atoms with E-state index in [1.165, 1.54) is 7.11 Å². The minimum absolute atomic E-state index is 0.434. The summed E-state index contributed by atoms with van der Waals surface area (Å²) in [5, 5.41) is 13.3. The largest absolute Gasteiger partial charge is 0.495 e. The number of halogens is 1. The molecule has 2 rings (SSSR count). The van der Waals surface area contributed by atoms with Gasteiger partial charge in [-0.1, -0.05) is 17.7 Å². The van der Waals surface area contributed by atoms with Crippen LogP contribution in [0.4, 0.5) is 0 Å². The molecule has 0 aliphatic carbocycles. The van der Waals surface area contributed by atoms with Gasteiger partial charge < -0.3 is 15.2 Å². The Kier molecular flexibility index (Phi) is 5.23. The van der Waals surface area contributed by atoms with Crippen LogP contribution in [0.15, 0.2) is 18.2 Å². The van der Waals surface area contributed by atoms with Crippen LogP contribution in [0, 0.1) is 0 Å². The number of methoxy groups -OCH3 is 1. The van der Waals surface area contributed by atoms with Crippen molar-refractivity contribution in [3.05, 3.63) is 28.8 Å². The van der Waals surface area contributed by atoms with E-state index in [2.05, 4.69) is 5.32 Å². The normalized spacial score (nSPS) is 18.3. The van der Waals surface area contributed by atoms with Crippen molar-refractivity contribution in [2.45, 2.75) is 12.5 Å². The van der Waals surface area contributed by atoms with Crippen LogP contribution in [0.5, 0.6) is 5.75 Å². The third-order valence-corrected chi connectivity index (χ3v) is 3.76. The molecule has 1 unspecified atom stereocenters. The summed E-state index contributed by atoms with van der Waals surface area (Å²) in [7, 11) is 1.54. The molecule has 0 spiro atoms. The maximum Gasteiger partial charge on any atom is 0.325 e. The van der Waals surface area contributed by atoms with E-state index in [1.54, 1.807) is 18.2 Å². The highest BCUT2D eigenvalue weighted by atomic mass is 35.5. The number of nitrogens with one attached hydrogen (secondary N) is 1. The first-order valence-electron chi connectivity index (χ1n) is 6.64. The number of carboxylic acid groups (broad SMARTS) is 1. The summed E-state index contributed by atoms with van der Waals surface area (Å²) in [5.74, 6) is -0.301. The Morgan fingerprint density at radius 2 is 2.25 bits per heavy atom. The molecule has 1 aromatic carbocycles. The fraction of sp³-hybridized carbons (Fsp3) is 0.500. The van der Waals surface area contributed by atoms with Gasteiger partial charge in [-0.15, -0.1) is 0 Å². The number of carbonyl (C=O) groups is 1. The van der Waals surface area contributed by atoms with Crippen molar-refractivity contribution in [1.82, 2.24) is 10.2 Å². The summed E-state index contributed by atoms with van der Waals surface area (Å²) in [5.41, 5.74) is 0.685. The van der Waals surface area contributed by atoms with Crippen LogP contribution < -0.4 is 10.1 Å². The maximum atomic E-state index is 11.6. The maximum absolute atomic E-state index is 11.6. The number of hydrogen-bond donors (Lipinski definition) is 2. The van der Waals surface area contributed by atoms with Crippen molar-refractivity contribution in [3.8, 4) is 5.75 Å². The Morgan fingerprint density at radius 1 is 1.45 bits per heavy atom. The minimum atomic E-state index is -0.854. The number of carboxylic acids is 1. The van der Waals surface area contributed by atoms with Crippen LogP contribution in [-0.4, -0.2) is 49.3 Å². The summed E-state index contributed by atoms with van der Waals surface area (Å²) >= 11 is 6.10. The van der Waals surface area contributed by atoms with E-state index in [9.17, 15) is 9.90 Å². The second kappa shape index (κ2) is 6.92. The predicted octanol–water partition coefficient (Wildman–Crippen LogP) is 1.77. The number of hydrogen-bond acceptors (Lipinski definition) is 4. The second-order valence-electron chi connectivity index (χ2n) is 4.77. The molecule has 0 aromatic heterocycles. The van der Waals surface area contributed by atoms with Crippen LogP contribution in [0.2, 0.25) is 5.02 Å². The van der Waals surface area contributed by atoms with Crippen molar-refractivity contribution in [2.75, 3.05) is 33.3 Å². The van der Waals surface area contributed by atoms with E-state index in [-0.39, 0.29) is 0 Å². The molecule has 1 aliphatic heterocycles. The molecule has 0 saturated carbocycles. The fourth-order valence-corrected chi connectivity index (χ4v) is 2.75. The molecule has 1 atom stereocenters. The lowest BCUT2D eigenvalue weighted by Crippen LogP contribution is -2.36. The number of benzene rings is 1. The van der Waals surface area contributed by atoms with Gasteiger partial charge in [0.1, 0.15) is 11.8 Å². The molecule has 1 fully saturated rings. The summed E-state index contributed by atoms with van der Waals surface area (Å²) in [4.78, 5) is 13.6. The summed E-state index contributed by atoms with van der Waals surface area (Å²) in [6.45, 7) is 3.19. The SMILES string of the molecule is COc1ccc(C(C(=O)O)N2CCCNCC2)cc1Cl. The third-order valence-electron chi connectivity index (χ3n) is 3.47. The van der Waals surface area contributed by atoms with Gasteiger partial charge >= 0.3 is 5.97 Å². The van der Waals surface area contributed by atoms with E-state index in [0.717, 1.165) is 26.1 Å². The van der Waals surface area contributed by atoms with Crippen LogP contribution >= 0.6 is 11.6 Å². The Balaban J connectivity index is 2.27. The zero-order chi connectivity index (χ0) is 14.5. The van der Waals surface area contributed by atoms with Gasteiger partial charge in [0.2, 0.25) is 0 Å². The van der Waals surface area contributed by atoms with E-state index in [4.69, 9.17) is 16.3 Å². The van der Waals surface area contributed by atoms with E-state index < -0.39 is 12.0 Å². The van der Waals surface area contributed by atoms with Gasteiger partial charge in [-0.25, -0.2) is 0 Å². The number of rotatable bonds is 4. The molecule has 110 valence electrons. The Morgan fingerprint density at radius 3 is 2.90 bits per heavy atom. The molecule has 0 amide bonds. The monoisotopic (exact) mass is 298 g/mol. The van der Waals surface area contributed by atoms with Crippen LogP contribution in [0.1, 0.15) is 18.0 Å². The predicted molar refractivity (Wildman–Crippen MR) is 77.4 cm³/mol. The quantitative estimate of drug-likeness (QED) is 0.887. The molecular formula is C14H19ClN2O3. The number of aliphatic carboxylic acids is 1. The Hall–Kier alpha value is -1.30. The second-order valence-corrected chi connectivity index (χ2v) is 5.18. The van der Waals surface area contributed by atoms with Crippen molar-refractivity contribution in [3.63, 3.8) is 0 Å². The molecule has 2 N–H and O–H groups in total. The van der Waals surface area contributed by atoms with Crippen LogP contribution in [0.25, 0.3) is 0 Å². The number of ether oxygens (including phenoxy) is 1. The molecular weight excluding hydrogens is 280 g/mol. The average Bonchev–Trinajstić information content (AvgIpc) is 2.68. The van der Waals surface area contributed by atoms with Crippen molar-refractivity contribution in [2.24, 2.45) is 0 Å². The summed E-state index contributed by atoms with van der Waals surface area (Å²) < 4.78 is 5.10. The highest BCUT2D eigenvalue weighted by Gasteiger charge is 2.28. The lowest BCUT2D eigenvalue weighted by Gasteiger charge is -2.27. The summed E-state index contributed by atoms with van der Waals surface area (Å²) in [6, 6.07) is 4.49. The van der Waals surface area contributed by atoms with Crippen molar-refractivity contribution < 1.29 is 14.6 Å². The van der Waals surface area contributed by atoms with E-state index in [1.807, 2.05) is 4.90 Å².